The molecule has 0 aromatic heterocycles. The normalized spacial score (nSPS) is 19.5. The van der Waals surface area contributed by atoms with Crippen LogP contribution in [0.1, 0.15) is 33.2 Å². The van der Waals surface area contributed by atoms with Crippen molar-refractivity contribution < 1.29 is 38.1 Å². The van der Waals surface area contributed by atoms with E-state index in [0.717, 1.165) is 0 Å². The molecule has 0 saturated carbocycles. The Labute approximate surface area is 162 Å². The first-order valence-corrected chi connectivity index (χ1v) is 8.97. The van der Waals surface area contributed by atoms with Gasteiger partial charge in [-0.05, 0) is 18.6 Å². The SMILES string of the molecule is C=C(C)C(=O)OCCc1cccc(C(=O)OCC2CO2)c1C(=O)OCC1CO1. The van der Waals surface area contributed by atoms with Gasteiger partial charge in [0, 0.05) is 12.0 Å². The summed E-state index contributed by atoms with van der Waals surface area (Å²) in [5.74, 6) is -1.80. The zero-order valence-corrected chi connectivity index (χ0v) is 15.6. The van der Waals surface area contributed by atoms with E-state index < -0.39 is 17.9 Å². The minimum Gasteiger partial charge on any atom is -0.462 e. The monoisotopic (exact) mass is 390 g/mol. The molecule has 0 spiro atoms. The molecule has 0 bridgehead atoms. The maximum Gasteiger partial charge on any atom is 0.339 e. The van der Waals surface area contributed by atoms with Gasteiger partial charge in [0.1, 0.15) is 25.4 Å². The average Bonchev–Trinajstić information content (AvgIpc) is 3.58. The van der Waals surface area contributed by atoms with E-state index in [1.807, 2.05) is 0 Å². The summed E-state index contributed by atoms with van der Waals surface area (Å²) in [5.41, 5.74) is 1.01. The number of carbonyl (C=O) groups is 3. The number of hydrogen-bond acceptors (Lipinski definition) is 8. The minimum atomic E-state index is -0.646. The van der Waals surface area contributed by atoms with Crippen LogP contribution in [0.25, 0.3) is 0 Å². The van der Waals surface area contributed by atoms with Crippen LogP contribution in [-0.4, -0.2) is 63.2 Å². The van der Waals surface area contributed by atoms with Crippen molar-refractivity contribution in [3.05, 3.63) is 47.0 Å². The Morgan fingerprint density at radius 2 is 1.64 bits per heavy atom. The number of epoxide rings is 2. The summed E-state index contributed by atoms with van der Waals surface area (Å²) in [4.78, 5) is 36.7. The molecule has 8 heteroatoms. The molecule has 0 amide bonds. The van der Waals surface area contributed by atoms with Gasteiger partial charge in [0.15, 0.2) is 0 Å². The first-order chi connectivity index (χ1) is 13.5. The summed E-state index contributed by atoms with van der Waals surface area (Å²) < 4.78 is 25.6. The van der Waals surface area contributed by atoms with Gasteiger partial charge in [0.25, 0.3) is 0 Å². The molecule has 150 valence electrons. The van der Waals surface area contributed by atoms with E-state index in [4.69, 9.17) is 23.7 Å². The topological polar surface area (TPSA) is 104 Å². The molecule has 8 nitrogen and oxygen atoms in total. The van der Waals surface area contributed by atoms with Crippen LogP contribution < -0.4 is 0 Å². The van der Waals surface area contributed by atoms with Crippen LogP contribution in [0.15, 0.2) is 30.4 Å². The van der Waals surface area contributed by atoms with Crippen LogP contribution >= 0.6 is 0 Å². The number of benzene rings is 1. The maximum atomic E-state index is 12.6. The average molecular weight is 390 g/mol. The second kappa shape index (κ2) is 8.99. The highest BCUT2D eigenvalue weighted by Crippen LogP contribution is 2.21. The first kappa shape index (κ1) is 20.0. The summed E-state index contributed by atoms with van der Waals surface area (Å²) in [6.07, 6.45) is 0.0436. The van der Waals surface area contributed by atoms with Crippen LogP contribution in [0.3, 0.4) is 0 Å². The Kier molecular flexibility index (Phi) is 6.43. The van der Waals surface area contributed by atoms with Crippen molar-refractivity contribution in [2.24, 2.45) is 0 Å². The molecule has 2 heterocycles. The smallest absolute Gasteiger partial charge is 0.339 e. The van der Waals surface area contributed by atoms with Gasteiger partial charge in [-0.1, -0.05) is 18.7 Å². The van der Waals surface area contributed by atoms with Crippen LogP contribution in [0.4, 0.5) is 0 Å². The molecule has 0 N–H and O–H groups in total. The van der Waals surface area contributed by atoms with Gasteiger partial charge in [-0.3, -0.25) is 0 Å². The number of rotatable bonds is 10. The van der Waals surface area contributed by atoms with Crippen LogP contribution in [-0.2, 0) is 34.9 Å². The Morgan fingerprint density at radius 1 is 1.04 bits per heavy atom. The van der Waals surface area contributed by atoms with E-state index in [9.17, 15) is 14.4 Å². The van der Waals surface area contributed by atoms with Crippen LogP contribution in [0, 0.1) is 0 Å². The third-order valence-corrected chi connectivity index (χ3v) is 4.13. The fraction of sp³-hybridized carbons (Fsp3) is 0.450. The fourth-order valence-electron chi connectivity index (χ4n) is 2.41. The number of carbonyl (C=O) groups excluding carboxylic acids is 3. The largest absolute Gasteiger partial charge is 0.462 e. The van der Waals surface area contributed by atoms with Crippen molar-refractivity contribution in [2.75, 3.05) is 33.0 Å². The molecule has 2 fully saturated rings. The molecule has 0 radical (unpaired) electrons. The highest BCUT2D eigenvalue weighted by molar-refractivity contribution is 6.04. The lowest BCUT2D eigenvalue weighted by Crippen LogP contribution is -2.20. The summed E-state index contributed by atoms with van der Waals surface area (Å²) in [7, 11) is 0. The van der Waals surface area contributed by atoms with Gasteiger partial charge >= 0.3 is 17.9 Å². The second-order valence-corrected chi connectivity index (χ2v) is 6.61. The molecular weight excluding hydrogens is 368 g/mol. The van der Waals surface area contributed by atoms with Gasteiger partial charge in [-0.25, -0.2) is 14.4 Å². The summed E-state index contributed by atoms with van der Waals surface area (Å²) >= 11 is 0. The van der Waals surface area contributed by atoms with E-state index in [0.29, 0.717) is 18.8 Å². The van der Waals surface area contributed by atoms with Crippen molar-refractivity contribution in [3.8, 4) is 0 Å². The molecule has 1 aromatic carbocycles. The summed E-state index contributed by atoms with van der Waals surface area (Å²) in [5, 5.41) is 0. The predicted octanol–water partition coefficient (Wildman–Crippen LogP) is 1.46. The molecule has 2 unspecified atom stereocenters. The predicted molar refractivity (Wildman–Crippen MR) is 96.0 cm³/mol. The lowest BCUT2D eigenvalue weighted by Gasteiger charge is -2.14. The number of ether oxygens (including phenoxy) is 5. The highest BCUT2D eigenvalue weighted by atomic mass is 16.6. The maximum absolute atomic E-state index is 12.6. The Balaban J connectivity index is 1.74. The van der Waals surface area contributed by atoms with Crippen molar-refractivity contribution in [2.45, 2.75) is 25.6 Å². The van der Waals surface area contributed by atoms with Gasteiger partial charge in [-0.15, -0.1) is 0 Å². The van der Waals surface area contributed by atoms with Gasteiger partial charge in [-0.2, -0.15) is 0 Å². The summed E-state index contributed by atoms with van der Waals surface area (Å²) in [6, 6.07) is 4.82. The molecule has 2 saturated heterocycles. The molecule has 0 aliphatic carbocycles. The molecule has 2 aliphatic heterocycles. The third kappa shape index (κ3) is 5.64. The summed E-state index contributed by atoms with van der Waals surface area (Å²) in [6.45, 7) is 6.44. The molecule has 3 rings (SSSR count). The van der Waals surface area contributed by atoms with Crippen LogP contribution in [0.5, 0.6) is 0 Å². The van der Waals surface area contributed by atoms with E-state index in [-0.39, 0.29) is 55.1 Å². The quantitative estimate of drug-likeness (QED) is 0.256. The number of hydrogen-bond donors (Lipinski definition) is 0. The molecule has 2 aliphatic rings. The zero-order valence-electron chi connectivity index (χ0n) is 15.6. The number of esters is 3. The van der Waals surface area contributed by atoms with E-state index >= 15 is 0 Å². The highest BCUT2D eigenvalue weighted by Gasteiger charge is 2.29. The third-order valence-electron chi connectivity index (χ3n) is 4.13. The Morgan fingerprint density at radius 3 is 2.21 bits per heavy atom. The van der Waals surface area contributed by atoms with E-state index in [1.165, 1.54) is 6.07 Å². The lowest BCUT2D eigenvalue weighted by atomic mass is 9.99. The Bertz CT molecular complexity index is 776. The first-order valence-electron chi connectivity index (χ1n) is 8.97. The molecular formula is C20H22O8. The minimum absolute atomic E-state index is 0.0339. The van der Waals surface area contributed by atoms with Gasteiger partial charge < -0.3 is 23.7 Å². The molecule has 2 atom stereocenters. The van der Waals surface area contributed by atoms with Crippen LogP contribution in [0.2, 0.25) is 0 Å². The molecule has 1 aromatic rings. The van der Waals surface area contributed by atoms with Crippen molar-refractivity contribution in [1.29, 1.82) is 0 Å². The Hall–Kier alpha value is -2.71. The van der Waals surface area contributed by atoms with Gasteiger partial charge in [0.05, 0.1) is 30.9 Å². The van der Waals surface area contributed by atoms with Crippen molar-refractivity contribution in [3.63, 3.8) is 0 Å². The lowest BCUT2D eigenvalue weighted by molar-refractivity contribution is -0.138. The second-order valence-electron chi connectivity index (χ2n) is 6.61. The van der Waals surface area contributed by atoms with Gasteiger partial charge in [0.2, 0.25) is 0 Å². The van der Waals surface area contributed by atoms with Crippen molar-refractivity contribution in [1.82, 2.24) is 0 Å². The fourth-order valence-corrected chi connectivity index (χ4v) is 2.41. The van der Waals surface area contributed by atoms with Crippen molar-refractivity contribution >= 4 is 17.9 Å². The van der Waals surface area contributed by atoms with E-state index in [2.05, 4.69) is 6.58 Å². The standard InChI is InChI=1S/C20H22O8/c1-12(2)18(21)24-7-6-13-4-3-5-16(19(22)27-10-14-8-25-14)17(13)20(23)28-11-15-9-26-15/h3-5,14-15H,1,6-11H2,2H3. The molecule has 28 heavy (non-hydrogen) atoms. The van der Waals surface area contributed by atoms with E-state index in [1.54, 1.807) is 19.1 Å². The zero-order chi connectivity index (χ0) is 20.1.